The maximum Gasteiger partial charge on any atom is 0.283 e. The molecule has 0 bridgehead atoms. The van der Waals surface area contributed by atoms with Gasteiger partial charge in [-0.2, -0.15) is 0 Å². The van der Waals surface area contributed by atoms with E-state index in [2.05, 4.69) is 0 Å². The van der Waals surface area contributed by atoms with Crippen molar-refractivity contribution in [2.45, 2.75) is 0 Å². The molecule has 19 heavy (non-hydrogen) atoms. The van der Waals surface area contributed by atoms with E-state index in [-0.39, 0.29) is 16.9 Å². The van der Waals surface area contributed by atoms with Crippen LogP contribution in [0.5, 0.6) is 0 Å². The summed E-state index contributed by atoms with van der Waals surface area (Å²) in [5, 5.41) is 21.5. The van der Waals surface area contributed by atoms with Crippen molar-refractivity contribution in [1.29, 1.82) is 0 Å². The maximum atomic E-state index is 10.9. The van der Waals surface area contributed by atoms with Crippen molar-refractivity contribution in [2.24, 2.45) is 0 Å². The molecule has 7 nitrogen and oxygen atoms in total. The second kappa shape index (κ2) is 5.13. The first kappa shape index (κ1) is 12.5. The minimum Gasteiger partial charge on any atom is -0.465 e. The van der Waals surface area contributed by atoms with Crippen molar-refractivity contribution in [2.75, 3.05) is 0 Å². The molecular formula is C12H8N2O5. The van der Waals surface area contributed by atoms with Gasteiger partial charge < -0.3 is 4.42 Å². The second-order valence-corrected chi connectivity index (χ2v) is 3.61. The molecule has 1 aromatic carbocycles. The van der Waals surface area contributed by atoms with Crippen LogP contribution in [0, 0.1) is 20.2 Å². The number of nitrogens with zero attached hydrogens (tertiary/aromatic N) is 2. The number of nitro groups is 2. The molecule has 0 aliphatic rings. The quantitative estimate of drug-likeness (QED) is 0.620. The highest BCUT2D eigenvalue weighted by molar-refractivity contribution is 5.73. The van der Waals surface area contributed by atoms with Crippen molar-refractivity contribution in [3.63, 3.8) is 0 Å². The van der Waals surface area contributed by atoms with Gasteiger partial charge in [0.1, 0.15) is 5.76 Å². The Morgan fingerprint density at radius 2 is 1.84 bits per heavy atom. The predicted molar refractivity (Wildman–Crippen MR) is 67.4 cm³/mol. The average Bonchev–Trinajstić information content (AvgIpc) is 2.89. The fraction of sp³-hybridized carbons (Fsp3) is 0. The second-order valence-electron chi connectivity index (χ2n) is 3.61. The van der Waals surface area contributed by atoms with Crippen molar-refractivity contribution in [3.05, 3.63) is 68.1 Å². The molecule has 0 aliphatic heterocycles. The topological polar surface area (TPSA) is 99.4 Å². The van der Waals surface area contributed by atoms with E-state index >= 15 is 0 Å². The van der Waals surface area contributed by atoms with E-state index in [1.54, 1.807) is 18.2 Å². The van der Waals surface area contributed by atoms with Gasteiger partial charge in [-0.1, -0.05) is 0 Å². The number of rotatable bonds is 4. The monoisotopic (exact) mass is 260 g/mol. The molecule has 0 amide bonds. The zero-order chi connectivity index (χ0) is 13.8. The lowest BCUT2D eigenvalue weighted by Gasteiger charge is -1.97. The van der Waals surface area contributed by atoms with Crippen LogP contribution in [0.4, 0.5) is 11.4 Å². The molecule has 0 unspecified atom stereocenters. The normalized spacial score (nSPS) is 10.7. The molecule has 0 fully saturated rings. The molecule has 0 aliphatic carbocycles. The molecule has 2 aromatic rings. The minimum absolute atomic E-state index is 0.270. The highest BCUT2D eigenvalue weighted by atomic mass is 16.6. The number of non-ortho nitro benzene ring substituents is 1. The highest BCUT2D eigenvalue weighted by Crippen LogP contribution is 2.26. The molecule has 0 radical (unpaired) electrons. The van der Waals surface area contributed by atoms with E-state index in [4.69, 9.17) is 4.42 Å². The Morgan fingerprint density at radius 1 is 1.05 bits per heavy atom. The van der Waals surface area contributed by atoms with Gasteiger partial charge in [0.05, 0.1) is 27.7 Å². The van der Waals surface area contributed by atoms with Crippen molar-refractivity contribution >= 4 is 23.5 Å². The Balaban J connectivity index is 2.40. The lowest BCUT2D eigenvalue weighted by Crippen LogP contribution is -1.94. The molecule has 0 atom stereocenters. The van der Waals surface area contributed by atoms with Crippen LogP contribution in [-0.2, 0) is 0 Å². The van der Waals surface area contributed by atoms with Crippen LogP contribution >= 0.6 is 0 Å². The van der Waals surface area contributed by atoms with Gasteiger partial charge in [-0.05, 0) is 30.4 Å². The smallest absolute Gasteiger partial charge is 0.283 e. The van der Waals surface area contributed by atoms with E-state index in [1.165, 1.54) is 24.5 Å². The third-order valence-electron chi connectivity index (χ3n) is 2.39. The van der Waals surface area contributed by atoms with Crippen LogP contribution in [0.3, 0.4) is 0 Å². The molecule has 1 heterocycles. The van der Waals surface area contributed by atoms with Crippen LogP contribution in [0.1, 0.15) is 11.3 Å². The average molecular weight is 260 g/mol. The van der Waals surface area contributed by atoms with Gasteiger partial charge in [-0.15, -0.1) is 0 Å². The van der Waals surface area contributed by atoms with Crippen LogP contribution in [-0.4, -0.2) is 9.85 Å². The fourth-order valence-electron chi connectivity index (χ4n) is 1.50. The zero-order valence-electron chi connectivity index (χ0n) is 9.55. The van der Waals surface area contributed by atoms with Gasteiger partial charge in [0.15, 0.2) is 0 Å². The molecule has 0 saturated carbocycles. The van der Waals surface area contributed by atoms with Crippen LogP contribution < -0.4 is 0 Å². The lowest BCUT2D eigenvalue weighted by atomic mass is 10.1. The van der Waals surface area contributed by atoms with E-state index in [1.807, 2.05) is 0 Å². The SMILES string of the molecule is O=[N+]([O-])c1ccc(/C=C/c2ccco2)c([N+](=O)[O-])c1. The van der Waals surface area contributed by atoms with Crippen LogP contribution in [0.25, 0.3) is 12.2 Å². The molecule has 0 saturated heterocycles. The van der Waals surface area contributed by atoms with Crippen molar-refractivity contribution in [3.8, 4) is 0 Å². The Bertz CT molecular complexity index is 646. The van der Waals surface area contributed by atoms with E-state index in [0.717, 1.165) is 6.07 Å². The Morgan fingerprint density at radius 3 is 2.42 bits per heavy atom. The highest BCUT2D eigenvalue weighted by Gasteiger charge is 2.17. The van der Waals surface area contributed by atoms with Gasteiger partial charge >= 0.3 is 0 Å². The standard InChI is InChI=1S/C12H8N2O5/c15-13(16)10-5-3-9(12(8-10)14(17)18)4-6-11-2-1-7-19-11/h1-8H/b6-4+. The largest absolute Gasteiger partial charge is 0.465 e. The molecule has 2 rings (SSSR count). The first-order chi connectivity index (χ1) is 9.08. The van der Waals surface area contributed by atoms with E-state index in [0.29, 0.717) is 5.76 Å². The maximum absolute atomic E-state index is 10.9. The Kier molecular flexibility index (Phi) is 3.37. The van der Waals surface area contributed by atoms with Gasteiger partial charge in [-0.3, -0.25) is 20.2 Å². The molecule has 0 N–H and O–H groups in total. The van der Waals surface area contributed by atoms with Gasteiger partial charge in [-0.25, -0.2) is 0 Å². The summed E-state index contributed by atoms with van der Waals surface area (Å²) in [6.07, 6.45) is 4.50. The summed E-state index contributed by atoms with van der Waals surface area (Å²) in [4.78, 5) is 20.1. The molecule has 96 valence electrons. The lowest BCUT2D eigenvalue weighted by molar-refractivity contribution is -0.394. The van der Waals surface area contributed by atoms with Gasteiger partial charge in [0, 0.05) is 6.07 Å². The van der Waals surface area contributed by atoms with E-state index < -0.39 is 9.85 Å². The summed E-state index contributed by atoms with van der Waals surface area (Å²) in [5.41, 5.74) is -0.370. The third kappa shape index (κ3) is 2.83. The van der Waals surface area contributed by atoms with Gasteiger partial charge in [0.2, 0.25) is 0 Å². The number of hydrogen-bond donors (Lipinski definition) is 0. The summed E-state index contributed by atoms with van der Waals surface area (Å²) in [6, 6.07) is 6.85. The molecule has 7 heteroatoms. The summed E-state index contributed by atoms with van der Waals surface area (Å²) in [7, 11) is 0. The summed E-state index contributed by atoms with van der Waals surface area (Å²) in [5.74, 6) is 0.535. The van der Waals surface area contributed by atoms with Crippen LogP contribution in [0.2, 0.25) is 0 Å². The Hall–Kier alpha value is -2.96. The molecule has 1 aromatic heterocycles. The first-order valence-electron chi connectivity index (χ1n) is 5.22. The number of benzene rings is 1. The third-order valence-corrected chi connectivity index (χ3v) is 2.39. The Labute approximate surface area is 107 Å². The predicted octanol–water partition coefficient (Wildman–Crippen LogP) is 3.27. The van der Waals surface area contributed by atoms with Crippen LogP contribution in [0.15, 0.2) is 41.0 Å². The number of furan rings is 1. The summed E-state index contributed by atoms with van der Waals surface area (Å²) in [6.45, 7) is 0. The number of hydrogen-bond acceptors (Lipinski definition) is 5. The van der Waals surface area contributed by atoms with Crippen molar-refractivity contribution < 1.29 is 14.3 Å². The van der Waals surface area contributed by atoms with Gasteiger partial charge in [0.25, 0.3) is 11.4 Å². The van der Waals surface area contributed by atoms with E-state index in [9.17, 15) is 20.2 Å². The summed E-state index contributed by atoms with van der Waals surface area (Å²) < 4.78 is 5.05. The van der Waals surface area contributed by atoms with Crippen molar-refractivity contribution in [1.82, 2.24) is 0 Å². The minimum atomic E-state index is -0.674. The summed E-state index contributed by atoms with van der Waals surface area (Å²) >= 11 is 0. The zero-order valence-corrected chi connectivity index (χ0v) is 9.55. The fourth-order valence-corrected chi connectivity index (χ4v) is 1.50. The number of nitro benzene ring substituents is 2. The molecular weight excluding hydrogens is 252 g/mol. The molecule has 0 spiro atoms. The first-order valence-corrected chi connectivity index (χ1v) is 5.22.